The first kappa shape index (κ1) is 58.2. The van der Waals surface area contributed by atoms with Crippen LogP contribution in [0.2, 0.25) is 0 Å². The fraction of sp³-hybridized carbons (Fsp3) is 0.583. The molecule has 4 amide bonds. The van der Waals surface area contributed by atoms with E-state index in [9.17, 15) is 28.8 Å². The number of guanidine groups is 2. The number of Topliss-reactive ketones (excluding diaryl/α,β-unsaturated/α-hetero) is 2. The van der Waals surface area contributed by atoms with E-state index in [-0.39, 0.29) is 56.5 Å². The maximum Gasteiger partial charge on any atom is 0.243 e. The predicted octanol–water partition coefficient (Wildman–Crippen LogP) is 0.256. The molecule has 20 nitrogen and oxygen atoms in total. The van der Waals surface area contributed by atoms with E-state index >= 15 is 0 Å². The molecule has 68 heavy (non-hydrogen) atoms. The number of nitrogens with zero attached hydrogens (tertiary/aromatic N) is 2. The fourth-order valence-corrected chi connectivity index (χ4v) is 7.43. The van der Waals surface area contributed by atoms with Gasteiger partial charge in [-0.05, 0) is 82.8 Å². The van der Waals surface area contributed by atoms with Crippen LogP contribution >= 0.6 is 0 Å². The molecular weight excluding hydrogens is 869 g/mol. The largest absolute Gasteiger partial charge is 0.370 e. The van der Waals surface area contributed by atoms with Crippen LogP contribution in [0.25, 0.3) is 0 Å². The smallest absolute Gasteiger partial charge is 0.243 e. The van der Waals surface area contributed by atoms with Crippen LogP contribution in [0.15, 0.2) is 70.6 Å². The molecular formula is C48H80N14O6. The minimum atomic E-state index is -1.72. The zero-order chi connectivity index (χ0) is 50.5. The van der Waals surface area contributed by atoms with E-state index in [4.69, 9.17) is 45.9 Å². The van der Waals surface area contributed by atoms with Gasteiger partial charge in [-0.3, -0.25) is 38.8 Å². The molecule has 2 aromatic carbocycles. The van der Waals surface area contributed by atoms with E-state index in [2.05, 4.69) is 31.3 Å². The van der Waals surface area contributed by atoms with Crippen LogP contribution in [0.1, 0.15) is 121 Å². The molecule has 20 N–H and O–H groups in total. The van der Waals surface area contributed by atoms with Crippen molar-refractivity contribution >= 4 is 47.1 Å². The zero-order valence-corrected chi connectivity index (χ0v) is 40.1. The highest BCUT2D eigenvalue weighted by molar-refractivity contribution is 5.97. The van der Waals surface area contributed by atoms with Crippen molar-refractivity contribution in [2.75, 3.05) is 13.1 Å². The SMILES string of the molecule is C[C@H](N)C(=O)N[C@@H](CCCN=C(N)N)C(=O)N[C@@H](Cc1ccccc1)C(=O)CCCCCCCCCCCC(N)(N)C(=O)[C@H](Cc1ccccc1)NC(=O)[C@H](CCCN=C(N)N)NC(=O)[C@H](C)N. The number of hydrogen-bond acceptors (Lipinski definition) is 12. The van der Waals surface area contributed by atoms with Crippen LogP contribution in [-0.4, -0.2) is 102 Å². The lowest BCUT2D eigenvalue weighted by atomic mass is 9.90. The van der Waals surface area contributed by atoms with E-state index in [1.54, 1.807) is 0 Å². The first-order chi connectivity index (χ1) is 32.3. The van der Waals surface area contributed by atoms with E-state index in [1.165, 1.54) is 13.8 Å². The van der Waals surface area contributed by atoms with Crippen molar-refractivity contribution in [3.63, 3.8) is 0 Å². The normalized spacial score (nSPS) is 13.9. The standard InChI is InChI=1S/C48H80N14O6/c1-32(49)42(65)59-36(24-18-28-57-46(51)52)44(67)61-38(30-34-20-12-10-13-21-34)40(63)26-16-8-6-4-3-5-7-9-17-27-48(55,56)41(64)39(31-35-22-14-11-15-23-35)62-45(68)37(60-43(66)33(2)50)25-19-29-58-47(53)54/h10-15,20-23,32-33,36-39H,3-9,16-19,24-31,49-50,55-56H2,1-2H3,(H,59,65)(H,60,66)(H,61,67)(H,62,68)(H4,51,52,57)(H4,53,54,58)/t32-,33-,36-,37-,38-,39-/m0/s1. The lowest BCUT2D eigenvalue weighted by molar-refractivity contribution is -0.133. The summed E-state index contributed by atoms with van der Waals surface area (Å²) >= 11 is 0. The Labute approximate surface area is 401 Å². The zero-order valence-electron chi connectivity index (χ0n) is 40.1. The first-order valence-electron chi connectivity index (χ1n) is 23.9. The summed E-state index contributed by atoms with van der Waals surface area (Å²) in [7, 11) is 0. The van der Waals surface area contributed by atoms with Gasteiger partial charge in [0.25, 0.3) is 0 Å². The average Bonchev–Trinajstić information content (AvgIpc) is 3.29. The van der Waals surface area contributed by atoms with Crippen LogP contribution in [0, 0.1) is 0 Å². The van der Waals surface area contributed by atoms with Crippen molar-refractivity contribution in [2.24, 2.45) is 55.9 Å². The molecule has 0 aliphatic rings. The number of amides is 4. The second kappa shape index (κ2) is 31.9. The number of carbonyl (C=O) groups is 6. The van der Waals surface area contributed by atoms with Crippen LogP contribution < -0.4 is 67.1 Å². The number of hydrogen-bond donors (Lipinski definition) is 12. The number of aliphatic imine (C=N–C) groups is 2. The average molecular weight is 949 g/mol. The Morgan fingerprint density at radius 2 is 0.868 bits per heavy atom. The molecule has 0 fully saturated rings. The molecule has 0 unspecified atom stereocenters. The van der Waals surface area contributed by atoms with Crippen molar-refractivity contribution in [3.8, 4) is 0 Å². The highest BCUT2D eigenvalue weighted by Crippen LogP contribution is 2.17. The van der Waals surface area contributed by atoms with E-state index in [0.717, 1.165) is 56.1 Å². The minimum Gasteiger partial charge on any atom is -0.370 e. The van der Waals surface area contributed by atoms with Crippen LogP contribution in [0.4, 0.5) is 0 Å². The third-order valence-electron chi connectivity index (χ3n) is 11.4. The van der Waals surface area contributed by atoms with Crippen LogP contribution in [0.3, 0.4) is 0 Å². The third-order valence-corrected chi connectivity index (χ3v) is 11.4. The van der Waals surface area contributed by atoms with Crippen molar-refractivity contribution < 1.29 is 28.8 Å². The number of benzene rings is 2. The summed E-state index contributed by atoms with van der Waals surface area (Å²) in [6.07, 6.45) is 9.87. The summed E-state index contributed by atoms with van der Waals surface area (Å²) in [6.45, 7) is 3.53. The van der Waals surface area contributed by atoms with Gasteiger partial charge in [-0.25, -0.2) is 0 Å². The molecule has 0 spiro atoms. The number of nitrogens with two attached hydrogens (primary N) is 8. The van der Waals surface area contributed by atoms with E-state index < -0.39 is 71.3 Å². The molecule has 6 atom stereocenters. The highest BCUT2D eigenvalue weighted by atomic mass is 16.2. The van der Waals surface area contributed by atoms with Crippen molar-refractivity contribution in [1.82, 2.24) is 21.3 Å². The van der Waals surface area contributed by atoms with Crippen LogP contribution in [-0.2, 0) is 41.6 Å². The molecule has 0 saturated carbocycles. The second-order valence-electron chi connectivity index (χ2n) is 17.7. The maximum atomic E-state index is 14.0. The molecule has 0 radical (unpaired) electrons. The number of unbranched alkanes of at least 4 members (excludes halogenated alkanes) is 8. The van der Waals surface area contributed by atoms with Gasteiger partial charge in [-0.2, -0.15) is 0 Å². The highest BCUT2D eigenvalue weighted by Gasteiger charge is 2.37. The molecule has 0 saturated heterocycles. The topological polar surface area (TPSA) is 383 Å². The molecule has 0 aliphatic heterocycles. The van der Waals surface area contributed by atoms with Gasteiger partial charge in [-0.1, -0.05) is 106 Å². The molecule has 0 aromatic heterocycles. The maximum absolute atomic E-state index is 14.0. The monoisotopic (exact) mass is 949 g/mol. The fourth-order valence-electron chi connectivity index (χ4n) is 7.43. The Kier molecular flexibility index (Phi) is 27.3. The van der Waals surface area contributed by atoms with E-state index in [1.807, 2.05) is 60.7 Å². The molecule has 2 rings (SSSR count). The lowest BCUT2D eigenvalue weighted by Crippen LogP contribution is -2.64. The quantitative estimate of drug-likeness (QED) is 0.0191. The number of nitrogens with one attached hydrogen (secondary N) is 4. The Bertz CT molecular complexity index is 1900. The second-order valence-corrected chi connectivity index (χ2v) is 17.7. The van der Waals surface area contributed by atoms with Crippen molar-refractivity contribution in [1.29, 1.82) is 0 Å². The summed E-state index contributed by atoms with van der Waals surface area (Å²) in [6, 6.07) is 13.1. The van der Waals surface area contributed by atoms with Gasteiger partial charge in [0.2, 0.25) is 23.6 Å². The molecule has 2 aromatic rings. The van der Waals surface area contributed by atoms with Gasteiger partial charge in [0, 0.05) is 19.5 Å². The Balaban J connectivity index is 1.89. The number of ketones is 2. The van der Waals surface area contributed by atoms with Crippen LogP contribution in [0.5, 0.6) is 0 Å². The van der Waals surface area contributed by atoms with Gasteiger partial charge in [-0.15, -0.1) is 0 Å². The summed E-state index contributed by atoms with van der Waals surface area (Å²) in [5, 5.41) is 11.1. The molecule has 0 bridgehead atoms. The third kappa shape index (κ3) is 24.2. The number of rotatable bonds is 35. The summed E-state index contributed by atoms with van der Waals surface area (Å²) in [5.74, 6) is -2.86. The molecule has 20 heteroatoms. The predicted molar refractivity (Wildman–Crippen MR) is 267 cm³/mol. The van der Waals surface area contributed by atoms with Crippen molar-refractivity contribution in [3.05, 3.63) is 71.8 Å². The van der Waals surface area contributed by atoms with Gasteiger partial charge in [0.15, 0.2) is 23.5 Å². The summed E-state index contributed by atoms with van der Waals surface area (Å²) < 4.78 is 0. The minimum absolute atomic E-state index is 0.0719. The van der Waals surface area contributed by atoms with Gasteiger partial charge >= 0.3 is 0 Å². The first-order valence-corrected chi connectivity index (χ1v) is 23.9. The van der Waals surface area contributed by atoms with E-state index in [0.29, 0.717) is 38.5 Å². The van der Waals surface area contributed by atoms with Gasteiger partial charge in [0.05, 0.1) is 24.2 Å². The summed E-state index contributed by atoms with van der Waals surface area (Å²) in [5.41, 5.74) is 46.1. The molecule has 0 aliphatic carbocycles. The summed E-state index contributed by atoms with van der Waals surface area (Å²) in [4.78, 5) is 87.6. The lowest BCUT2D eigenvalue weighted by Gasteiger charge is -2.30. The van der Waals surface area contributed by atoms with Gasteiger partial charge in [0.1, 0.15) is 17.7 Å². The Morgan fingerprint density at radius 1 is 0.500 bits per heavy atom. The van der Waals surface area contributed by atoms with Crippen molar-refractivity contribution in [2.45, 2.75) is 165 Å². The number of carbonyl (C=O) groups excluding carboxylic acids is 6. The van der Waals surface area contributed by atoms with Gasteiger partial charge < -0.3 is 67.1 Å². The molecule has 0 heterocycles. The Hall–Kier alpha value is -5.96. The Morgan fingerprint density at radius 3 is 1.28 bits per heavy atom. The molecule has 378 valence electrons.